The van der Waals surface area contributed by atoms with Crippen molar-refractivity contribution in [3.8, 4) is 17.0 Å². The van der Waals surface area contributed by atoms with Gasteiger partial charge in [0.2, 0.25) is 0 Å². The van der Waals surface area contributed by atoms with E-state index in [-0.39, 0.29) is 22.1 Å². The number of fused-ring (bicyclic) bond motifs is 1. The fourth-order valence-corrected chi connectivity index (χ4v) is 3.81. The molecule has 0 aliphatic heterocycles. The van der Waals surface area contributed by atoms with Gasteiger partial charge in [0.05, 0.1) is 11.1 Å². The Morgan fingerprint density at radius 2 is 1.87 bits per heavy atom. The van der Waals surface area contributed by atoms with Crippen LogP contribution < -0.4 is 15.6 Å². The molecule has 31 heavy (non-hydrogen) atoms. The molecule has 0 aliphatic carbocycles. The average Bonchev–Trinajstić information content (AvgIpc) is 3.22. The predicted octanol–water partition coefficient (Wildman–Crippen LogP) is 4.39. The zero-order valence-corrected chi connectivity index (χ0v) is 17.0. The van der Waals surface area contributed by atoms with Gasteiger partial charge in [0.1, 0.15) is 5.75 Å². The van der Waals surface area contributed by atoms with Gasteiger partial charge in [-0.2, -0.15) is 13.9 Å². The van der Waals surface area contributed by atoms with Crippen molar-refractivity contribution in [2.24, 2.45) is 0 Å². The number of nitrogens with zero attached hydrogens (tertiary/aromatic N) is 3. The Balaban J connectivity index is 1.66. The van der Waals surface area contributed by atoms with Crippen molar-refractivity contribution in [3.05, 3.63) is 70.0 Å². The van der Waals surface area contributed by atoms with Gasteiger partial charge < -0.3 is 4.74 Å². The van der Waals surface area contributed by atoms with Crippen molar-refractivity contribution in [1.82, 2.24) is 14.8 Å². The number of carbonyl (C=O) groups excluding carboxylic acids is 1. The number of alkyl halides is 2. The Morgan fingerprint density at radius 1 is 1.16 bits per heavy atom. The van der Waals surface area contributed by atoms with Crippen molar-refractivity contribution in [2.45, 2.75) is 20.1 Å². The van der Waals surface area contributed by atoms with Crippen LogP contribution in [0.3, 0.4) is 0 Å². The summed E-state index contributed by atoms with van der Waals surface area (Å²) in [5.74, 6) is -0.542. The number of rotatable bonds is 6. The van der Waals surface area contributed by atoms with E-state index in [1.165, 1.54) is 10.7 Å². The molecule has 0 atom stereocenters. The van der Waals surface area contributed by atoms with E-state index < -0.39 is 12.5 Å². The quantitative estimate of drug-likeness (QED) is 0.479. The Bertz CT molecular complexity index is 1320. The molecule has 2 aromatic carbocycles. The second-order valence-electron chi connectivity index (χ2n) is 6.38. The lowest BCUT2D eigenvalue weighted by molar-refractivity contribution is -0.0494. The van der Waals surface area contributed by atoms with Gasteiger partial charge >= 0.3 is 6.61 Å². The van der Waals surface area contributed by atoms with Crippen LogP contribution in [-0.2, 0) is 6.54 Å². The standard InChI is InChI=1S/C21H16F2N4O3S/c1-2-27-19(29)13-8-4-3-7-12(13)17(26-27)18(28)25-21-24-15(11-31-21)14-9-5-6-10-16(14)30-20(22)23/h3-11,20H,2H2,1H3,(H,24,25,28). The fourth-order valence-electron chi connectivity index (χ4n) is 3.11. The molecule has 2 aromatic heterocycles. The fraction of sp³-hybridized carbons (Fsp3) is 0.143. The number of ether oxygens (including phenoxy) is 1. The second-order valence-corrected chi connectivity index (χ2v) is 7.24. The molecule has 2 heterocycles. The number of aromatic nitrogens is 3. The summed E-state index contributed by atoms with van der Waals surface area (Å²) >= 11 is 1.13. The van der Waals surface area contributed by atoms with Crippen LogP contribution in [0.2, 0.25) is 0 Å². The first kappa shape index (κ1) is 20.6. The van der Waals surface area contributed by atoms with E-state index in [2.05, 4.69) is 20.1 Å². The van der Waals surface area contributed by atoms with Gasteiger partial charge in [-0.25, -0.2) is 9.67 Å². The van der Waals surface area contributed by atoms with Gasteiger partial charge in [-0.15, -0.1) is 11.3 Å². The van der Waals surface area contributed by atoms with Crippen LogP contribution in [0.5, 0.6) is 5.75 Å². The number of hydrogen-bond donors (Lipinski definition) is 1. The van der Waals surface area contributed by atoms with Crippen molar-refractivity contribution in [1.29, 1.82) is 0 Å². The topological polar surface area (TPSA) is 86.1 Å². The average molecular weight is 442 g/mol. The van der Waals surface area contributed by atoms with Gasteiger partial charge in [0, 0.05) is 22.9 Å². The zero-order chi connectivity index (χ0) is 22.0. The highest BCUT2D eigenvalue weighted by Gasteiger charge is 2.19. The smallest absolute Gasteiger partial charge is 0.387 e. The molecule has 0 unspecified atom stereocenters. The predicted molar refractivity (Wildman–Crippen MR) is 114 cm³/mol. The summed E-state index contributed by atoms with van der Waals surface area (Å²) in [5, 5.41) is 9.57. The Hall–Kier alpha value is -3.66. The Kier molecular flexibility index (Phi) is 5.72. The SMILES string of the molecule is CCn1nc(C(=O)Nc2nc(-c3ccccc3OC(F)F)cs2)c2ccccc2c1=O. The van der Waals surface area contributed by atoms with Crippen molar-refractivity contribution >= 4 is 33.1 Å². The molecular weight excluding hydrogens is 426 g/mol. The lowest BCUT2D eigenvalue weighted by Gasteiger charge is -2.09. The molecular formula is C21H16F2N4O3S. The summed E-state index contributed by atoms with van der Waals surface area (Å²) in [4.78, 5) is 29.7. The summed E-state index contributed by atoms with van der Waals surface area (Å²) < 4.78 is 31.1. The molecule has 4 aromatic rings. The lowest BCUT2D eigenvalue weighted by Crippen LogP contribution is -2.27. The van der Waals surface area contributed by atoms with E-state index >= 15 is 0 Å². The number of anilines is 1. The monoisotopic (exact) mass is 442 g/mol. The van der Waals surface area contributed by atoms with E-state index in [4.69, 9.17) is 0 Å². The van der Waals surface area contributed by atoms with E-state index in [1.807, 2.05) is 0 Å². The van der Waals surface area contributed by atoms with E-state index in [1.54, 1.807) is 54.8 Å². The molecule has 0 radical (unpaired) electrons. The summed E-state index contributed by atoms with van der Waals surface area (Å²) in [7, 11) is 0. The summed E-state index contributed by atoms with van der Waals surface area (Å²) in [6, 6.07) is 13.0. The third kappa shape index (κ3) is 4.15. The molecule has 1 N–H and O–H groups in total. The number of halogens is 2. The van der Waals surface area contributed by atoms with Gasteiger partial charge in [0.25, 0.3) is 11.5 Å². The number of para-hydroxylation sites is 1. The summed E-state index contributed by atoms with van der Waals surface area (Å²) in [6.45, 7) is -0.893. The zero-order valence-electron chi connectivity index (χ0n) is 16.2. The third-order valence-corrected chi connectivity index (χ3v) is 5.24. The molecule has 0 fully saturated rings. The number of benzene rings is 2. The van der Waals surface area contributed by atoms with Crippen LogP contribution in [0.1, 0.15) is 17.4 Å². The highest BCUT2D eigenvalue weighted by molar-refractivity contribution is 7.14. The number of hydrogen-bond acceptors (Lipinski definition) is 6. The Labute approximate surface area is 178 Å². The van der Waals surface area contributed by atoms with Gasteiger partial charge in [-0.3, -0.25) is 14.9 Å². The van der Waals surface area contributed by atoms with Crippen LogP contribution in [0.25, 0.3) is 22.0 Å². The molecule has 0 spiro atoms. The van der Waals surface area contributed by atoms with Crippen molar-refractivity contribution in [2.75, 3.05) is 5.32 Å². The number of amides is 1. The molecule has 10 heteroatoms. The minimum atomic E-state index is -2.97. The number of carbonyl (C=O) groups is 1. The van der Waals surface area contributed by atoms with Gasteiger partial charge in [0.15, 0.2) is 10.8 Å². The van der Waals surface area contributed by atoms with Gasteiger partial charge in [-0.1, -0.05) is 30.3 Å². The first-order valence-electron chi connectivity index (χ1n) is 9.29. The highest BCUT2D eigenvalue weighted by Crippen LogP contribution is 2.33. The first-order chi connectivity index (χ1) is 15.0. The minimum absolute atomic E-state index is 0.0108. The summed E-state index contributed by atoms with van der Waals surface area (Å²) in [6.07, 6.45) is 0. The van der Waals surface area contributed by atoms with E-state index in [0.717, 1.165) is 11.3 Å². The minimum Gasteiger partial charge on any atom is -0.434 e. The molecule has 7 nitrogen and oxygen atoms in total. The van der Waals surface area contributed by atoms with Crippen molar-refractivity contribution in [3.63, 3.8) is 0 Å². The maximum absolute atomic E-state index is 12.9. The largest absolute Gasteiger partial charge is 0.434 e. The van der Waals surface area contributed by atoms with Crippen LogP contribution in [0.4, 0.5) is 13.9 Å². The molecule has 158 valence electrons. The third-order valence-electron chi connectivity index (χ3n) is 4.49. The number of thiazole rings is 1. The van der Waals surface area contributed by atoms with Crippen LogP contribution in [0.15, 0.2) is 58.7 Å². The second kappa shape index (κ2) is 8.60. The lowest BCUT2D eigenvalue weighted by atomic mass is 10.1. The maximum Gasteiger partial charge on any atom is 0.387 e. The number of nitrogens with one attached hydrogen (secondary N) is 1. The van der Waals surface area contributed by atoms with E-state index in [0.29, 0.717) is 28.6 Å². The van der Waals surface area contributed by atoms with Crippen molar-refractivity contribution < 1.29 is 18.3 Å². The molecule has 0 aliphatic rings. The van der Waals surface area contributed by atoms with Crippen LogP contribution in [-0.4, -0.2) is 27.3 Å². The molecule has 4 rings (SSSR count). The molecule has 0 bridgehead atoms. The summed E-state index contributed by atoms with van der Waals surface area (Å²) in [5.41, 5.74) is 0.576. The van der Waals surface area contributed by atoms with Gasteiger partial charge in [-0.05, 0) is 25.1 Å². The molecule has 0 saturated carbocycles. The molecule has 0 saturated heterocycles. The first-order valence-corrected chi connectivity index (χ1v) is 10.2. The van der Waals surface area contributed by atoms with Crippen LogP contribution in [0, 0.1) is 0 Å². The molecule has 1 amide bonds. The number of aryl methyl sites for hydroxylation is 1. The highest BCUT2D eigenvalue weighted by atomic mass is 32.1. The normalized spacial score (nSPS) is 11.1. The van der Waals surface area contributed by atoms with E-state index in [9.17, 15) is 18.4 Å². The van der Waals surface area contributed by atoms with Crippen LogP contribution >= 0.6 is 11.3 Å². The maximum atomic E-state index is 12.9. The Morgan fingerprint density at radius 3 is 2.61 bits per heavy atom.